The number of para-hydroxylation sites is 2. The van der Waals surface area contributed by atoms with Gasteiger partial charge in [-0.3, -0.25) is 23.9 Å². The average molecular weight is 1100 g/mol. The van der Waals surface area contributed by atoms with Gasteiger partial charge in [-0.1, -0.05) is 133 Å². The third kappa shape index (κ3) is 31.0. The predicted molar refractivity (Wildman–Crippen MR) is 284 cm³/mol. The molecule has 0 radical (unpaired) electrons. The normalized spacial score (nSPS) is 12.2. The van der Waals surface area contributed by atoms with E-state index < -0.39 is 51.1 Å². The van der Waals surface area contributed by atoms with Crippen molar-refractivity contribution in [2.45, 2.75) is 123 Å². The van der Waals surface area contributed by atoms with Gasteiger partial charge in [0.1, 0.15) is 26.4 Å². The van der Waals surface area contributed by atoms with Crippen LogP contribution in [0.25, 0.3) is 33.4 Å². The Hall–Kier alpha value is -4.60. The Bertz CT molecular complexity index is 2320. The second kappa shape index (κ2) is 41.4. The first-order chi connectivity index (χ1) is 37.0. The summed E-state index contributed by atoms with van der Waals surface area (Å²) in [5, 5.41) is 4.96. The molecule has 0 saturated carbocycles. The van der Waals surface area contributed by atoms with Gasteiger partial charge in [-0.25, -0.2) is 14.8 Å². The molecule has 4 rings (SSSR count). The minimum absolute atomic E-state index is 0. The SMILES string of the molecule is CCCCCCCCCCCCCCCCCC(=O)OCC(COP(=O)([O-])OCCNC(=O)OCCOCC(=O)NCCOCCOCCOc1ncccc1-c1ccc(-c2cnc3ccccc3n2)cc1)OC(C)=O.[Na+]. The maximum absolute atomic E-state index is 12.3. The molecule has 0 aliphatic carbocycles. The van der Waals surface area contributed by atoms with Crippen molar-refractivity contribution in [2.75, 3.05) is 85.8 Å². The number of amides is 2. The molecule has 4 aromatic rings. The molecule has 20 nitrogen and oxygen atoms in total. The molecule has 2 aromatic carbocycles. The molecule has 77 heavy (non-hydrogen) atoms. The zero-order chi connectivity index (χ0) is 54.3. The number of unbranched alkanes of at least 4 members (excludes halogenated alkanes) is 14. The molecule has 2 N–H and O–H groups in total. The molecule has 2 amide bonds. The molecule has 0 fully saturated rings. The molecule has 2 atom stereocenters. The summed E-state index contributed by atoms with van der Waals surface area (Å²) in [5.74, 6) is -1.10. The Morgan fingerprint density at radius 2 is 1.23 bits per heavy atom. The average Bonchev–Trinajstić information content (AvgIpc) is 3.42. The van der Waals surface area contributed by atoms with E-state index in [4.69, 9.17) is 47.2 Å². The number of nitrogens with one attached hydrogen (secondary N) is 2. The van der Waals surface area contributed by atoms with E-state index in [1.165, 1.54) is 70.6 Å². The van der Waals surface area contributed by atoms with Crippen LogP contribution in [-0.2, 0) is 56.4 Å². The first-order valence-electron chi connectivity index (χ1n) is 26.8. The summed E-state index contributed by atoms with van der Waals surface area (Å²) in [6.45, 7) is 2.81. The number of pyridine rings is 1. The second-order valence-electron chi connectivity index (χ2n) is 17.9. The second-order valence-corrected chi connectivity index (χ2v) is 19.3. The first kappa shape index (κ1) is 66.7. The number of aromatic nitrogens is 3. The van der Waals surface area contributed by atoms with Gasteiger partial charge >= 0.3 is 47.6 Å². The number of fused-ring (bicyclic) bond motifs is 1. The maximum atomic E-state index is 12.3. The van der Waals surface area contributed by atoms with Crippen LogP contribution in [0.2, 0.25) is 0 Å². The summed E-state index contributed by atoms with van der Waals surface area (Å²) in [6, 6.07) is 19.5. The van der Waals surface area contributed by atoms with Crippen molar-refractivity contribution in [3.05, 3.63) is 73.1 Å². The van der Waals surface area contributed by atoms with Crippen LogP contribution in [0.4, 0.5) is 4.79 Å². The van der Waals surface area contributed by atoms with E-state index in [-0.39, 0.29) is 88.7 Å². The number of esters is 2. The number of hydrogen-bond acceptors (Lipinski definition) is 18. The molecular weight excluding hydrogens is 1020 g/mol. The molecule has 0 bridgehead atoms. The number of rotatable bonds is 43. The monoisotopic (exact) mass is 1100 g/mol. The van der Waals surface area contributed by atoms with Gasteiger partial charge in [-0.15, -0.1) is 0 Å². The number of phosphoric acid groups is 1. The van der Waals surface area contributed by atoms with Crippen LogP contribution in [-0.4, -0.2) is 131 Å². The van der Waals surface area contributed by atoms with Crippen molar-refractivity contribution in [1.29, 1.82) is 0 Å². The summed E-state index contributed by atoms with van der Waals surface area (Å²) in [4.78, 5) is 73.8. The zero-order valence-corrected chi connectivity index (χ0v) is 48.3. The van der Waals surface area contributed by atoms with E-state index in [0.717, 1.165) is 59.6 Å². The molecular formula is C55H79N5NaO15P. The molecule has 2 unspecified atom stereocenters. The summed E-state index contributed by atoms with van der Waals surface area (Å²) in [7, 11) is -4.88. The molecule has 0 spiro atoms. The number of phosphoric ester groups is 1. The minimum atomic E-state index is -4.88. The molecule has 22 heteroatoms. The van der Waals surface area contributed by atoms with Crippen molar-refractivity contribution in [1.82, 2.24) is 25.6 Å². The minimum Gasteiger partial charge on any atom is -0.756 e. The van der Waals surface area contributed by atoms with Crippen molar-refractivity contribution >= 4 is 42.8 Å². The Balaban J connectivity index is 0.0000156. The molecule has 0 aliphatic rings. The van der Waals surface area contributed by atoms with Gasteiger partial charge in [0.15, 0.2) is 6.10 Å². The third-order valence-corrected chi connectivity index (χ3v) is 12.6. The van der Waals surface area contributed by atoms with E-state index in [1.54, 1.807) is 12.4 Å². The zero-order valence-electron chi connectivity index (χ0n) is 45.4. The van der Waals surface area contributed by atoms with Gasteiger partial charge < -0.3 is 57.7 Å². The Morgan fingerprint density at radius 3 is 1.92 bits per heavy atom. The summed E-state index contributed by atoms with van der Waals surface area (Å²) < 4.78 is 59.4. The smallest absolute Gasteiger partial charge is 0.756 e. The molecule has 0 aliphatic heterocycles. The molecule has 2 heterocycles. The number of hydrogen-bond donors (Lipinski definition) is 2. The van der Waals surface area contributed by atoms with Gasteiger partial charge in [-0.05, 0) is 36.2 Å². The van der Waals surface area contributed by atoms with Crippen LogP contribution in [0.15, 0.2) is 73.1 Å². The van der Waals surface area contributed by atoms with Crippen molar-refractivity contribution in [2.24, 2.45) is 0 Å². The van der Waals surface area contributed by atoms with Crippen LogP contribution in [0, 0.1) is 0 Å². The van der Waals surface area contributed by atoms with Gasteiger partial charge in [0.2, 0.25) is 11.8 Å². The summed E-state index contributed by atoms with van der Waals surface area (Å²) >= 11 is 0. The van der Waals surface area contributed by atoms with Crippen LogP contribution >= 0.6 is 7.82 Å². The largest absolute Gasteiger partial charge is 1.00 e. The number of ether oxygens (including phenoxy) is 7. The summed E-state index contributed by atoms with van der Waals surface area (Å²) in [6.07, 6.45) is 19.7. The van der Waals surface area contributed by atoms with E-state index in [0.29, 0.717) is 32.1 Å². The number of carbonyl (C=O) groups excluding carboxylic acids is 4. The number of alkyl carbamates (subject to hydrolysis) is 1. The number of benzene rings is 2. The van der Waals surface area contributed by atoms with Crippen molar-refractivity contribution in [3.8, 4) is 28.3 Å². The van der Waals surface area contributed by atoms with Crippen LogP contribution < -0.4 is 49.8 Å². The van der Waals surface area contributed by atoms with E-state index in [2.05, 4.69) is 27.5 Å². The van der Waals surface area contributed by atoms with Crippen molar-refractivity contribution < 1.29 is 100 Å². The van der Waals surface area contributed by atoms with Crippen LogP contribution in [0.1, 0.15) is 117 Å². The van der Waals surface area contributed by atoms with Crippen LogP contribution in [0.3, 0.4) is 0 Å². The third-order valence-electron chi connectivity index (χ3n) is 11.6. The Labute approximate surface area is 476 Å². The van der Waals surface area contributed by atoms with E-state index in [9.17, 15) is 28.6 Å². The Kier molecular flexibility index (Phi) is 35.9. The van der Waals surface area contributed by atoms with E-state index >= 15 is 0 Å². The fourth-order valence-corrected chi connectivity index (χ4v) is 8.39. The van der Waals surface area contributed by atoms with E-state index in [1.807, 2.05) is 60.7 Å². The number of carbonyl (C=O) groups is 4. The molecule has 2 aromatic heterocycles. The predicted octanol–water partition coefficient (Wildman–Crippen LogP) is 5.87. The molecule has 0 saturated heterocycles. The standard InChI is InChI=1S/C55H80N5O15P.Na/c1-3-4-5-6-7-8-9-10-11-12-13-14-15-16-17-24-53(63)72-41-47(75-44(2)61)42-74-76(65,66)73-33-31-58-55(64)71-39-37-69-43-52(62)56-30-32-67-34-35-68-36-38-70-54-48(21-20-29-57-54)45-25-27-46(28-26-45)51-40-59-49-22-18-19-23-50(49)60-51;/h18-23,25-29,40,47H,3-17,24,30-39,41-43H2,1-2H3,(H,56,62)(H,58,64)(H,65,66);/q;+1/p-1. The molecule has 420 valence electrons. The maximum Gasteiger partial charge on any atom is 1.00 e. The topological polar surface area (TPSA) is 254 Å². The fraction of sp³-hybridized carbons (Fsp3) is 0.582. The van der Waals surface area contributed by atoms with Gasteiger partial charge in [0.05, 0.1) is 69.2 Å². The van der Waals surface area contributed by atoms with Crippen molar-refractivity contribution in [3.63, 3.8) is 0 Å². The van der Waals surface area contributed by atoms with Crippen LogP contribution in [0.5, 0.6) is 5.88 Å². The van der Waals surface area contributed by atoms with Gasteiger partial charge in [0, 0.05) is 43.8 Å². The van der Waals surface area contributed by atoms with Gasteiger partial charge in [-0.2, -0.15) is 0 Å². The fourth-order valence-electron chi connectivity index (χ4n) is 7.66. The first-order valence-corrected chi connectivity index (χ1v) is 28.2. The van der Waals surface area contributed by atoms with Gasteiger partial charge in [0.25, 0.3) is 7.82 Å². The summed E-state index contributed by atoms with van der Waals surface area (Å²) in [5.41, 5.74) is 5.21. The quantitative estimate of drug-likeness (QED) is 0.0173. The Morgan fingerprint density at radius 1 is 0.623 bits per heavy atom. The number of nitrogens with zero attached hydrogens (tertiary/aromatic N) is 3.